The summed E-state index contributed by atoms with van der Waals surface area (Å²) in [5.74, 6) is -0.277. The number of nitrogens with one attached hydrogen (secondary N) is 1. The number of rotatable bonds is 3. The molecule has 0 radical (unpaired) electrons. The number of esters is 1. The zero-order chi connectivity index (χ0) is 15.5. The highest BCUT2D eigenvalue weighted by Crippen LogP contribution is 2.30. The van der Waals surface area contributed by atoms with E-state index in [2.05, 4.69) is 10.3 Å². The van der Waals surface area contributed by atoms with Gasteiger partial charge in [0.1, 0.15) is 6.61 Å². The molecule has 0 atom stereocenters. The standard InChI is InChI=1S/C18H18N2O2/c1-12-9-19-10-15-8-16(13(2)20-17(12)15)18(21)22-11-14-6-4-3-5-7-14/h3-7,9-10,20H,8,11H2,1-2H3. The van der Waals surface area contributed by atoms with Gasteiger partial charge in [0.2, 0.25) is 0 Å². The van der Waals surface area contributed by atoms with Gasteiger partial charge in [0.05, 0.1) is 5.57 Å². The third-order valence-corrected chi connectivity index (χ3v) is 3.81. The van der Waals surface area contributed by atoms with Gasteiger partial charge in [0.25, 0.3) is 0 Å². The van der Waals surface area contributed by atoms with Gasteiger partial charge >= 0.3 is 5.97 Å². The maximum Gasteiger partial charge on any atom is 0.336 e. The molecule has 2 heterocycles. The summed E-state index contributed by atoms with van der Waals surface area (Å²) >= 11 is 0. The third kappa shape index (κ3) is 2.86. The predicted molar refractivity (Wildman–Crippen MR) is 85.2 cm³/mol. The van der Waals surface area contributed by atoms with Crippen molar-refractivity contribution in [3.8, 4) is 0 Å². The van der Waals surface area contributed by atoms with Gasteiger partial charge in [-0.2, -0.15) is 0 Å². The van der Waals surface area contributed by atoms with Crippen LogP contribution in [0.1, 0.15) is 23.6 Å². The molecule has 0 spiro atoms. The van der Waals surface area contributed by atoms with E-state index in [0.29, 0.717) is 12.0 Å². The first kappa shape index (κ1) is 14.3. The minimum atomic E-state index is -0.277. The van der Waals surface area contributed by atoms with E-state index in [9.17, 15) is 4.79 Å². The lowest BCUT2D eigenvalue weighted by molar-refractivity contribution is -0.140. The molecule has 0 fully saturated rings. The molecule has 4 heteroatoms. The Kier molecular flexibility index (Phi) is 3.92. The zero-order valence-electron chi connectivity index (χ0n) is 12.7. The molecule has 112 valence electrons. The Hall–Kier alpha value is -2.62. The molecule has 0 aliphatic carbocycles. The van der Waals surface area contributed by atoms with Crippen LogP contribution in [0, 0.1) is 6.92 Å². The van der Waals surface area contributed by atoms with Crippen LogP contribution in [0.3, 0.4) is 0 Å². The molecule has 0 unspecified atom stereocenters. The topological polar surface area (TPSA) is 51.2 Å². The van der Waals surface area contributed by atoms with Crippen molar-refractivity contribution in [1.29, 1.82) is 0 Å². The second-order valence-electron chi connectivity index (χ2n) is 5.46. The Labute approximate surface area is 129 Å². The highest BCUT2D eigenvalue weighted by atomic mass is 16.5. The number of aromatic nitrogens is 1. The van der Waals surface area contributed by atoms with Crippen molar-refractivity contribution in [1.82, 2.24) is 4.98 Å². The van der Waals surface area contributed by atoms with E-state index in [-0.39, 0.29) is 12.6 Å². The minimum Gasteiger partial charge on any atom is -0.457 e. The molecule has 1 N–H and O–H groups in total. The number of nitrogens with zero attached hydrogens (tertiary/aromatic N) is 1. The van der Waals surface area contributed by atoms with Gasteiger partial charge in [-0.3, -0.25) is 4.98 Å². The Balaban J connectivity index is 1.73. The molecular formula is C18H18N2O2. The molecule has 1 aliphatic rings. The van der Waals surface area contributed by atoms with Crippen LogP contribution in [0.4, 0.5) is 5.69 Å². The smallest absolute Gasteiger partial charge is 0.336 e. The fraction of sp³-hybridized carbons (Fsp3) is 0.222. The summed E-state index contributed by atoms with van der Waals surface area (Å²) in [5.41, 5.74) is 5.64. The maximum absolute atomic E-state index is 12.3. The number of aryl methyl sites for hydroxylation is 1. The fourth-order valence-corrected chi connectivity index (χ4v) is 2.56. The van der Waals surface area contributed by atoms with E-state index in [0.717, 1.165) is 28.1 Å². The van der Waals surface area contributed by atoms with Crippen LogP contribution in [0.2, 0.25) is 0 Å². The summed E-state index contributed by atoms with van der Waals surface area (Å²) in [4.78, 5) is 16.5. The summed E-state index contributed by atoms with van der Waals surface area (Å²) in [7, 11) is 0. The summed E-state index contributed by atoms with van der Waals surface area (Å²) in [6.45, 7) is 4.20. The number of allylic oxidation sites excluding steroid dienone is 1. The van der Waals surface area contributed by atoms with Gasteiger partial charge in [-0.05, 0) is 30.5 Å². The SMILES string of the molecule is CC1=C(C(=O)OCc2ccccc2)Cc2cncc(C)c2N1. The summed E-state index contributed by atoms with van der Waals surface area (Å²) < 4.78 is 5.43. The summed E-state index contributed by atoms with van der Waals surface area (Å²) in [6.07, 6.45) is 4.17. The number of ether oxygens (including phenoxy) is 1. The fourth-order valence-electron chi connectivity index (χ4n) is 2.56. The quantitative estimate of drug-likeness (QED) is 0.882. The van der Waals surface area contributed by atoms with E-state index in [1.165, 1.54) is 0 Å². The Morgan fingerprint density at radius 1 is 1.23 bits per heavy atom. The molecule has 4 nitrogen and oxygen atoms in total. The molecule has 3 rings (SSSR count). The molecule has 1 aromatic carbocycles. The van der Waals surface area contributed by atoms with Gasteiger partial charge < -0.3 is 10.1 Å². The number of pyridine rings is 1. The first-order valence-electron chi connectivity index (χ1n) is 7.26. The van der Waals surface area contributed by atoms with Crippen LogP contribution >= 0.6 is 0 Å². The molecule has 0 amide bonds. The Morgan fingerprint density at radius 3 is 2.77 bits per heavy atom. The number of hydrogen-bond donors (Lipinski definition) is 1. The average Bonchev–Trinajstić information content (AvgIpc) is 2.54. The van der Waals surface area contributed by atoms with Crippen molar-refractivity contribution in [3.63, 3.8) is 0 Å². The highest BCUT2D eigenvalue weighted by molar-refractivity contribution is 5.92. The van der Waals surface area contributed by atoms with Gasteiger partial charge in [-0.1, -0.05) is 30.3 Å². The van der Waals surface area contributed by atoms with E-state index >= 15 is 0 Å². The van der Waals surface area contributed by atoms with Gasteiger partial charge in [0, 0.05) is 30.2 Å². The lowest BCUT2D eigenvalue weighted by atomic mass is 9.97. The molecule has 0 saturated heterocycles. The first-order chi connectivity index (χ1) is 10.6. The van der Waals surface area contributed by atoms with Gasteiger partial charge in [-0.25, -0.2) is 4.79 Å². The van der Waals surface area contributed by atoms with Crippen molar-refractivity contribution in [2.75, 3.05) is 5.32 Å². The zero-order valence-corrected chi connectivity index (χ0v) is 12.7. The molecule has 0 saturated carbocycles. The van der Waals surface area contributed by atoms with E-state index in [1.54, 1.807) is 6.20 Å². The van der Waals surface area contributed by atoms with E-state index < -0.39 is 0 Å². The molecular weight excluding hydrogens is 276 g/mol. The molecule has 2 aromatic rings. The number of carbonyl (C=O) groups excluding carboxylic acids is 1. The largest absolute Gasteiger partial charge is 0.457 e. The number of carbonyl (C=O) groups is 1. The van der Waals surface area contributed by atoms with Crippen LogP contribution in [0.5, 0.6) is 0 Å². The summed E-state index contributed by atoms with van der Waals surface area (Å²) in [6, 6.07) is 9.68. The molecule has 1 aliphatic heterocycles. The van der Waals surface area contributed by atoms with Crippen molar-refractivity contribution >= 4 is 11.7 Å². The van der Waals surface area contributed by atoms with Crippen molar-refractivity contribution in [2.24, 2.45) is 0 Å². The van der Waals surface area contributed by atoms with Crippen LogP contribution in [0.15, 0.2) is 54.0 Å². The van der Waals surface area contributed by atoms with Crippen LogP contribution in [0.25, 0.3) is 0 Å². The predicted octanol–water partition coefficient (Wildman–Crippen LogP) is 3.38. The molecule has 0 bridgehead atoms. The normalized spacial score (nSPS) is 13.4. The van der Waals surface area contributed by atoms with Crippen molar-refractivity contribution in [2.45, 2.75) is 26.9 Å². The minimum absolute atomic E-state index is 0.277. The second kappa shape index (κ2) is 6.02. The van der Waals surface area contributed by atoms with E-state index in [1.807, 2.05) is 50.4 Å². The monoisotopic (exact) mass is 294 g/mol. The van der Waals surface area contributed by atoms with Crippen LogP contribution < -0.4 is 5.32 Å². The molecule has 1 aromatic heterocycles. The maximum atomic E-state index is 12.3. The Bertz CT molecular complexity index is 736. The van der Waals surface area contributed by atoms with Gasteiger partial charge in [0.15, 0.2) is 0 Å². The molecule has 22 heavy (non-hydrogen) atoms. The first-order valence-corrected chi connectivity index (χ1v) is 7.26. The highest BCUT2D eigenvalue weighted by Gasteiger charge is 2.23. The Morgan fingerprint density at radius 2 is 2.00 bits per heavy atom. The van der Waals surface area contributed by atoms with Crippen molar-refractivity contribution < 1.29 is 9.53 Å². The number of hydrogen-bond acceptors (Lipinski definition) is 4. The second-order valence-corrected chi connectivity index (χ2v) is 5.46. The third-order valence-electron chi connectivity index (χ3n) is 3.81. The number of anilines is 1. The number of benzene rings is 1. The average molecular weight is 294 g/mol. The van der Waals surface area contributed by atoms with E-state index in [4.69, 9.17) is 4.74 Å². The summed E-state index contributed by atoms with van der Waals surface area (Å²) in [5, 5.41) is 3.30. The van der Waals surface area contributed by atoms with Gasteiger partial charge in [-0.15, -0.1) is 0 Å². The van der Waals surface area contributed by atoms with Crippen LogP contribution in [-0.2, 0) is 22.6 Å². The lowest BCUT2D eigenvalue weighted by Crippen LogP contribution is -2.20. The van der Waals surface area contributed by atoms with Crippen molar-refractivity contribution in [3.05, 3.63) is 70.7 Å². The van der Waals surface area contributed by atoms with Crippen LogP contribution in [-0.4, -0.2) is 11.0 Å². The lowest BCUT2D eigenvalue weighted by Gasteiger charge is -2.23. The number of fused-ring (bicyclic) bond motifs is 1.